The maximum Gasteiger partial charge on any atom is 0.229 e. The molecule has 0 aliphatic heterocycles. The predicted octanol–water partition coefficient (Wildman–Crippen LogP) is 2.40. The number of amides is 2. The van der Waals surface area contributed by atoms with Crippen LogP contribution in [0.5, 0.6) is 0 Å². The number of fused-ring (bicyclic) bond motifs is 1. The van der Waals surface area contributed by atoms with Crippen LogP contribution in [0.2, 0.25) is 0 Å². The Morgan fingerprint density at radius 2 is 1.95 bits per heavy atom. The molecule has 0 fully saturated rings. The summed E-state index contributed by atoms with van der Waals surface area (Å²) in [6.07, 6.45) is 5.31. The summed E-state index contributed by atoms with van der Waals surface area (Å²) in [5.74, 6) is 0.313. The van der Waals surface area contributed by atoms with Gasteiger partial charge in [-0.05, 0) is 36.8 Å². The molecule has 2 N–H and O–H groups in total. The van der Waals surface area contributed by atoms with Gasteiger partial charge in [0.1, 0.15) is 0 Å². The number of thiol groups is 1. The number of unbranched alkanes of at least 4 members (excludes halogenated alkanes) is 2. The van der Waals surface area contributed by atoms with Gasteiger partial charge in [0, 0.05) is 13.0 Å². The van der Waals surface area contributed by atoms with Gasteiger partial charge in [0.15, 0.2) is 0 Å². The van der Waals surface area contributed by atoms with E-state index in [1.54, 1.807) is 0 Å². The fraction of sp³-hybridized carbons (Fsp3) is 0.529. The van der Waals surface area contributed by atoms with Crippen molar-refractivity contribution in [1.82, 2.24) is 10.6 Å². The van der Waals surface area contributed by atoms with Crippen LogP contribution in [0.15, 0.2) is 24.3 Å². The van der Waals surface area contributed by atoms with Crippen molar-refractivity contribution in [3.63, 3.8) is 0 Å². The van der Waals surface area contributed by atoms with Crippen molar-refractivity contribution in [2.45, 2.75) is 44.6 Å². The number of hydrogen-bond donors (Lipinski definition) is 3. The fourth-order valence-corrected chi connectivity index (χ4v) is 2.96. The van der Waals surface area contributed by atoms with Crippen LogP contribution < -0.4 is 10.6 Å². The second kappa shape index (κ2) is 8.83. The Morgan fingerprint density at radius 3 is 2.77 bits per heavy atom. The van der Waals surface area contributed by atoms with Crippen molar-refractivity contribution in [2.75, 3.05) is 12.3 Å². The first-order valence-electron chi connectivity index (χ1n) is 7.95. The van der Waals surface area contributed by atoms with Gasteiger partial charge in [-0.3, -0.25) is 9.59 Å². The molecule has 120 valence electrons. The highest BCUT2D eigenvalue weighted by Crippen LogP contribution is 2.30. The van der Waals surface area contributed by atoms with E-state index in [4.69, 9.17) is 0 Å². The van der Waals surface area contributed by atoms with E-state index in [1.807, 2.05) is 6.07 Å². The van der Waals surface area contributed by atoms with E-state index < -0.39 is 0 Å². The molecule has 1 aromatic rings. The summed E-state index contributed by atoms with van der Waals surface area (Å²) in [6, 6.07) is 8.51. The first-order valence-corrected chi connectivity index (χ1v) is 8.58. The van der Waals surface area contributed by atoms with Crippen LogP contribution >= 0.6 is 12.6 Å². The molecule has 0 radical (unpaired) electrons. The van der Waals surface area contributed by atoms with Crippen molar-refractivity contribution in [1.29, 1.82) is 0 Å². The van der Waals surface area contributed by atoms with Gasteiger partial charge in [-0.1, -0.05) is 30.7 Å². The molecule has 0 saturated carbocycles. The Morgan fingerprint density at radius 1 is 1.14 bits per heavy atom. The third kappa shape index (κ3) is 5.05. The van der Waals surface area contributed by atoms with Crippen LogP contribution in [0.1, 0.15) is 49.3 Å². The largest absolute Gasteiger partial charge is 0.355 e. The van der Waals surface area contributed by atoms with Gasteiger partial charge in [0.25, 0.3) is 0 Å². The fourth-order valence-electron chi connectivity index (χ4n) is 2.84. The molecule has 0 spiro atoms. The van der Waals surface area contributed by atoms with Crippen molar-refractivity contribution < 1.29 is 9.59 Å². The zero-order valence-electron chi connectivity index (χ0n) is 12.8. The average molecular weight is 320 g/mol. The van der Waals surface area contributed by atoms with Crippen molar-refractivity contribution in [3.8, 4) is 0 Å². The molecule has 1 aliphatic rings. The van der Waals surface area contributed by atoms with Crippen LogP contribution in [0.25, 0.3) is 0 Å². The van der Waals surface area contributed by atoms with Gasteiger partial charge in [0.05, 0.1) is 11.8 Å². The van der Waals surface area contributed by atoms with E-state index in [0.717, 1.165) is 32.1 Å². The van der Waals surface area contributed by atoms with Crippen molar-refractivity contribution >= 4 is 24.4 Å². The number of aryl methyl sites for hydroxylation is 1. The first-order chi connectivity index (χ1) is 10.7. The summed E-state index contributed by atoms with van der Waals surface area (Å²) in [5, 5.41) is 5.91. The monoisotopic (exact) mass is 320 g/mol. The molecule has 0 bridgehead atoms. The molecule has 1 atom stereocenters. The van der Waals surface area contributed by atoms with E-state index in [0.29, 0.717) is 13.0 Å². The molecule has 0 heterocycles. The Labute approximate surface area is 137 Å². The van der Waals surface area contributed by atoms with E-state index in [2.05, 4.69) is 41.5 Å². The van der Waals surface area contributed by atoms with Crippen LogP contribution in [0.4, 0.5) is 0 Å². The SMILES string of the molecule is O=C(CS)NCCCCCC(=O)NC1CCc2ccccc21. The lowest BCUT2D eigenvalue weighted by atomic mass is 10.1. The topological polar surface area (TPSA) is 58.2 Å². The quantitative estimate of drug-likeness (QED) is 0.509. The summed E-state index contributed by atoms with van der Waals surface area (Å²) in [6.45, 7) is 0.664. The molecule has 1 aliphatic carbocycles. The molecule has 22 heavy (non-hydrogen) atoms. The van der Waals surface area contributed by atoms with Crippen LogP contribution in [0.3, 0.4) is 0 Å². The van der Waals surface area contributed by atoms with Crippen LogP contribution in [0, 0.1) is 0 Å². The second-order valence-electron chi connectivity index (χ2n) is 5.68. The number of hydrogen-bond acceptors (Lipinski definition) is 3. The standard InChI is InChI=1S/C17H24N2O2S/c20-16(8-2-1-5-11-18-17(21)12-22)19-15-10-9-13-6-3-4-7-14(13)15/h3-4,6-7,15,22H,1-2,5,8-12H2,(H,18,21)(H,19,20). The summed E-state index contributed by atoms with van der Waals surface area (Å²) in [5.41, 5.74) is 2.62. The summed E-state index contributed by atoms with van der Waals surface area (Å²) in [7, 11) is 0. The molecule has 0 saturated heterocycles. The molecular formula is C17H24N2O2S. The Bertz CT molecular complexity index is 519. The molecule has 4 nitrogen and oxygen atoms in total. The predicted molar refractivity (Wildman–Crippen MR) is 91.0 cm³/mol. The molecular weight excluding hydrogens is 296 g/mol. The van der Waals surface area contributed by atoms with E-state index in [9.17, 15) is 9.59 Å². The highest BCUT2D eigenvalue weighted by Gasteiger charge is 2.22. The summed E-state index contributed by atoms with van der Waals surface area (Å²) >= 11 is 3.90. The third-order valence-corrected chi connectivity index (χ3v) is 4.30. The number of nitrogens with one attached hydrogen (secondary N) is 2. The number of rotatable bonds is 8. The normalized spacial score (nSPS) is 16.1. The molecule has 1 aromatic carbocycles. The van der Waals surface area contributed by atoms with E-state index in [-0.39, 0.29) is 23.6 Å². The molecule has 2 amide bonds. The Kier molecular flexibility index (Phi) is 6.77. The number of benzene rings is 1. The minimum absolute atomic E-state index is 0.0408. The lowest BCUT2D eigenvalue weighted by molar-refractivity contribution is -0.122. The maximum atomic E-state index is 12.0. The Balaban J connectivity index is 1.60. The van der Waals surface area contributed by atoms with Gasteiger partial charge >= 0.3 is 0 Å². The van der Waals surface area contributed by atoms with Gasteiger partial charge < -0.3 is 10.6 Å². The van der Waals surface area contributed by atoms with Crippen molar-refractivity contribution in [3.05, 3.63) is 35.4 Å². The lowest BCUT2D eigenvalue weighted by Crippen LogP contribution is -2.27. The summed E-state index contributed by atoms with van der Waals surface area (Å²) < 4.78 is 0. The Hall–Kier alpha value is -1.49. The minimum atomic E-state index is -0.0408. The highest BCUT2D eigenvalue weighted by atomic mass is 32.1. The van der Waals surface area contributed by atoms with Gasteiger partial charge in [-0.15, -0.1) is 0 Å². The first kappa shape index (κ1) is 16.9. The van der Waals surface area contributed by atoms with Gasteiger partial charge in [0.2, 0.25) is 11.8 Å². The minimum Gasteiger partial charge on any atom is -0.355 e. The second-order valence-corrected chi connectivity index (χ2v) is 5.99. The van der Waals surface area contributed by atoms with Crippen LogP contribution in [-0.2, 0) is 16.0 Å². The maximum absolute atomic E-state index is 12.0. The van der Waals surface area contributed by atoms with E-state index >= 15 is 0 Å². The third-order valence-electron chi connectivity index (χ3n) is 4.01. The lowest BCUT2D eigenvalue weighted by Gasteiger charge is -2.14. The molecule has 5 heteroatoms. The molecule has 0 aromatic heterocycles. The summed E-state index contributed by atoms with van der Waals surface area (Å²) in [4.78, 5) is 23.0. The van der Waals surface area contributed by atoms with Crippen molar-refractivity contribution in [2.24, 2.45) is 0 Å². The van der Waals surface area contributed by atoms with Crippen LogP contribution in [-0.4, -0.2) is 24.1 Å². The van der Waals surface area contributed by atoms with Gasteiger partial charge in [-0.25, -0.2) is 0 Å². The van der Waals surface area contributed by atoms with E-state index in [1.165, 1.54) is 11.1 Å². The number of carbonyl (C=O) groups is 2. The van der Waals surface area contributed by atoms with Gasteiger partial charge in [-0.2, -0.15) is 12.6 Å². The zero-order chi connectivity index (χ0) is 15.8. The zero-order valence-corrected chi connectivity index (χ0v) is 13.7. The number of carbonyl (C=O) groups excluding carboxylic acids is 2. The molecule has 2 rings (SSSR count). The smallest absolute Gasteiger partial charge is 0.229 e. The highest BCUT2D eigenvalue weighted by molar-refractivity contribution is 7.81. The average Bonchev–Trinajstić information content (AvgIpc) is 2.93. The molecule has 1 unspecified atom stereocenters.